The molecule has 0 heterocycles. The molecular weight excluding hydrogens is 196 g/mol. The van der Waals surface area contributed by atoms with Crippen molar-refractivity contribution in [2.75, 3.05) is 0 Å². The van der Waals surface area contributed by atoms with Crippen molar-refractivity contribution in [3.8, 4) is 6.07 Å². The maximum absolute atomic E-state index is 8.86. The summed E-state index contributed by atoms with van der Waals surface area (Å²) in [5, 5.41) is 12.4. The summed E-state index contributed by atoms with van der Waals surface area (Å²) in [6, 6.07) is 13.3. The summed E-state index contributed by atoms with van der Waals surface area (Å²) in [6.45, 7) is 2.28. The molecular formula is C14H18N2. The van der Waals surface area contributed by atoms with Gasteiger partial charge in [0, 0.05) is 12.1 Å². The smallest absolute Gasteiger partial charge is 0.0641 e. The zero-order valence-corrected chi connectivity index (χ0v) is 9.69. The Bertz CT molecular complexity index is 360. The molecule has 0 bridgehead atoms. The van der Waals surface area contributed by atoms with Gasteiger partial charge in [0.15, 0.2) is 0 Å². The van der Waals surface area contributed by atoms with Crippen LogP contribution in [0.15, 0.2) is 30.3 Å². The van der Waals surface area contributed by atoms with Crippen molar-refractivity contribution in [1.29, 1.82) is 5.26 Å². The van der Waals surface area contributed by atoms with Crippen LogP contribution in [-0.2, 0) is 0 Å². The van der Waals surface area contributed by atoms with Crippen LogP contribution in [0.4, 0.5) is 0 Å². The van der Waals surface area contributed by atoms with Gasteiger partial charge in [0.25, 0.3) is 0 Å². The highest BCUT2D eigenvalue weighted by molar-refractivity contribution is 5.20. The van der Waals surface area contributed by atoms with Crippen LogP contribution in [0.1, 0.15) is 37.8 Å². The van der Waals surface area contributed by atoms with Crippen molar-refractivity contribution in [2.24, 2.45) is 5.92 Å². The Morgan fingerprint density at radius 3 is 2.62 bits per heavy atom. The Labute approximate surface area is 97.3 Å². The largest absolute Gasteiger partial charge is 0.306 e. The minimum Gasteiger partial charge on any atom is -0.306 e. The summed E-state index contributed by atoms with van der Waals surface area (Å²) < 4.78 is 0. The lowest BCUT2D eigenvalue weighted by Gasteiger charge is -2.36. The maximum Gasteiger partial charge on any atom is 0.0641 e. The normalized spacial score (nSPS) is 25.5. The molecule has 0 amide bonds. The summed E-state index contributed by atoms with van der Waals surface area (Å²) in [5.74, 6) is 0.844. The van der Waals surface area contributed by atoms with Gasteiger partial charge in [-0.3, -0.25) is 0 Å². The molecule has 0 saturated heterocycles. The highest BCUT2D eigenvalue weighted by Crippen LogP contribution is 2.29. The molecule has 1 aromatic rings. The molecule has 0 radical (unpaired) electrons. The molecule has 1 saturated carbocycles. The quantitative estimate of drug-likeness (QED) is 0.836. The first-order valence-electron chi connectivity index (χ1n) is 5.97. The third-order valence-corrected chi connectivity index (χ3v) is 3.31. The van der Waals surface area contributed by atoms with Crippen LogP contribution in [0, 0.1) is 17.2 Å². The molecule has 2 rings (SSSR count). The molecule has 1 aliphatic carbocycles. The van der Waals surface area contributed by atoms with E-state index in [4.69, 9.17) is 5.26 Å². The highest BCUT2D eigenvalue weighted by Gasteiger charge is 2.27. The highest BCUT2D eigenvalue weighted by atomic mass is 15.0. The van der Waals surface area contributed by atoms with Gasteiger partial charge in [-0.25, -0.2) is 0 Å². The average Bonchev–Trinajstić information content (AvgIpc) is 2.27. The van der Waals surface area contributed by atoms with E-state index in [2.05, 4.69) is 30.4 Å². The Balaban J connectivity index is 1.98. The standard InChI is InChI=1S/C14H18N2/c1-11-9-13(10-11)16-14(7-8-15)12-5-3-2-4-6-12/h2-6,11,13-14,16H,7,9-10H2,1H3. The Kier molecular flexibility index (Phi) is 3.58. The van der Waals surface area contributed by atoms with Crippen LogP contribution in [0.2, 0.25) is 0 Å². The van der Waals surface area contributed by atoms with E-state index >= 15 is 0 Å². The van der Waals surface area contributed by atoms with Crippen LogP contribution in [0.25, 0.3) is 0 Å². The predicted octanol–water partition coefficient (Wildman–Crippen LogP) is 3.03. The van der Waals surface area contributed by atoms with Crippen molar-refractivity contribution in [3.63, 3.8) is 0 Å². The first-order chi connectivity index (χ1) is 7.79. The minimum atomic E-state index is 0.198. The molecule has 16 heavy (non-hydrogen) atoms. The number of benzene rings is 1. The van der Waals surface area contributed by atoms with Crippen molar-refractivity contribution in [1.82, 2.24) is 5.32 Å². The molecule has 0 aromatic heterocycles. The molecule has 1 atom stereocenters. The second kappa shape index (κ2) is 5.14. The number of rotatable bonds is 4. The van der Waals surface area contributed by atoms with Gasteiger partial charge in [0.05, 0.1) is 12.5 Å². The lowest BCUT2D eigenvalue weighted by Crippen LogP contribution is -2.42. The molecule has 0 spiro atoms. The van der Waals surface area contributed by atoms with Gasteiger partial charge in [-0.1, -0.05) is 37.3 Å². The Morgan fingerprint density at radius 2 is 2.06 bits per heavy atom. The molecule has 1 unspecified atom stereocenters. The number of hydrogen-bond donors (Lipinski definition) is 1. The summed E-state index contributed by atoms with van der Waals surface area (Å²) in [4.78, 5) is 0. The van der Waals surface area contributed by atoms with Gasteiger partial charge >= 0.3 is 0 Å². The van der Waals surface area contributed by atoms with Crippen molar-refractivity contribution >= 4 is 0 Å². The van der Waals surface area contributed by atoms with Crippen LogP contribution in [0.5, 0.6) is 0 Å². The molecule has 84 valence electrons. The monoisotopic (exact) mass is 214 g/mol. The van der Waals surface area contributed by atoms with Gasteiger partial charge in [-0.2, -0.15) is 5.26 Å². The van der Waals surface area contributed by atoms with Crippen molar-refractivity contribution in [3.05, 3.63) is 35.9 Å². The summed E-state index contributed by atoms with van der Waals surface area (Å²) >= 11 is 0. The van der Waals surface area contributed by atoms with E-state index in [-0.39, 0.29) is 6.04 Å². The predicted molar refractivity (Wildman–Crippen MR) is 64.7 cm³/mol. The van der Waals surface area contributed by atoms with Crippen LogP contribution in [0.3, 0.4) is 0 Å². The maximum atomic E-state index is 8.86. The van der Waals surface area contributed by atoms with Gasteiger partial charge in [0.1, 0.15) is 0 Å². The van der Waals surface area contributed by atoms with E-state index in [0.29, 0.717) is 12.5 Å². The third-order valence-electron chi connectivity index (χ3n) is 3.31. The lowest BCUT2D eigenvalue weighted by atomic mass is 9.81. The van der Waals surface area contributed by atoms with E-state index in [1.807, 2.05) is 18.2 Å². The molecule has 1 fully saturated rings. The van der Waals surface area contributed by atoms with Crippen LogP contribution >= 0.6 is 0 Å². The van der Waals surface area contributed by atoms with Gasteiger partial charge < -0.3 is 5.32 Å². The van der Waals surface area contributed by atoms with E-state index in [9.17, 15) is 0 Å². The number of nitrogens with zero attached hydrogens (tertiary/aromatic N) is 1. The van der Waals surface area contributed by atoms with E-state index in [0.717, 1.165) is 5.92 Å². The fourth-order valence-corrected chi connectivity index (χ4v) is 2.37. The lowest BCUT2D eigenvalue weighted by molar-refractivity contribution is 0.223. The van der Waals surface area contributed by atoms with E-state index in [1.54, 1.807) is 0 Å². The number of nitrogens with one attached hydrogen (secondary N) is 1. The zero-order chi connectivity index (χ0) is 11.4. The number of nitriles is 1. The molecule has 0 aliphatic heterocycles. The molecule has 1 aromatic carbocycles. The summed E-state index contributed by atoms with van der Waals surface area (Å²) in [7, 11) is 0. The zero-order valence-electron chi connectivity index (χ0n) is 9.69. The third kappa shape index (κ3) is 2.62. The fraction of sp³-hybridized carbons (Fsp3) is 0.500. The summed E-state index contributed by atoms with van der Waals surface area (Å²) in [5.41, 5.74) is 1.23. The fourth-order valence-electron chi connectivity index (χ4n) is 2.37. The van der Waals surface area contributed by atoms with Crippen molar-refractivity contribution in [2.45, 2.75) is 38.3 Å². The van der Waals surface area contributed by atoms with Gasteiger partial charge in [-0.05, 0) is 24.3 Å². The number of hydrogen-bond acceptors (Lipinski definition) is 2. The molecule has 1 N–H and O–H groups in total. The van der Waals surface area contributed by atoms with Crippen LogP contribution < -0.4 is 5.32 Å². The van der Waals surface area contributed by atoms with E-state index in [1.165, 1.54) is 18.4 Å². The second-order valence-corrected chi connectivity index (χ2v) is 4.77. The topological polar surface area (TPSA) is 35.8 Å². The van der Waals surface area contributed by atoms with Gasteiger partial charge in [0.2, 0.25) is 0 Å². The Morgan fingerprint density at radius 1 is 1.38 bits per heavy atom. The summed E-state index contributed by atoms with van der Waals surface area (Å²) in [6.07, 6.45) is 3.04. The average molecular weight is 214 g/mol. The van der Waals surface area contributed by atoms with Crippen molar-refractivity contribution < 1.29 is 0 Å². The second-order valence-electron chi connectivity index (χ2n) is 4.77. The minimum absolute atomic E-state index is 0.198. The van der Waals surface area contributed by atoms with E-state index < -0.39 is 0 Å². The molecule has 2 heteroatoms. The molecule has 2 nitrogen and oxygen atoms in total. The van der Waals surface area contributed by atoms with Gasteiger partial charge in [-0.15, -0.1) is 0 Å². The SMILES string of the molecule is CC1CC(NC(CC#N)c2ccccc2)C1. The van der Waals surface area contributed by atoms with Crippen LogP contribution in [-0.4, -0.2) is 6.04 Å². The Hall–Kier alpha value is -1.33. The first kappa shape index (κ1) is 11.2. The molecule has 1 aliphatic rings. The first-order valence-corrected chi connectivity index (χ1v) is 5.97.